The summed E-state index contributed by atoms with van der Waals surface area (Å²) >= 11 is 0. The quantitative estimate of drug-likeness (QED) is 0.510. The van der Waals surface area contributed by atoms with Crippen LogP contribution in [0, 0.1) is 0 Å². The summed E-state index contributed by atoms with van der Waals surface area (Å²) in [6, 6.07) is 16.7. The van der Waals surface area contributed by atoms with Crippen molar-refractivity contribution in [2.24, 2.45) is 7.05 Å². The van der Waals surface area contributed by atoms with Gasteiger partial charge in [0.05, 0.1) is 30.3 Å². The van der Waals surface area contributed by atoms with Crippen LogP contribution in [0.2, 0.25) is 0 Å². The first-order valence-corrected chi connectivity index (χ1v) is 9.02. The molecule has 2 heterocycles. The number of pyridine rings is 1. The lowest BCUT2D eigenvalue weighted by molar-refractivity contribution is 0.0524. The lowest BCUT2D eigenvalue weighted by Gasteiger charge is -2.15. The fourth-order valence-corrected chi connectivity index (χ4v) is 3.69. The summed E-state index contributed by atoms with van der Waals surface area (Å²) in [7, 11) is 3.28. The van der Waals surface area contributed by atoms with Gasteiger partial charge < -0.3 is 14.0 Å². The van der Waals surface area contributed by atoms with Gasteiger partial charge in [0.2, 0.25) is 0 Å². The Labute approximate surface area is 161 Å². The van der Waals surface area contributed by atoms with Crippen LogP contribution in [0.3, 0.4) is 0 Å². The number of carbonyl (C=O) groups is 1. The molecule has 0 radical (unpaired) electrons. The fourth-order valence-electron chi connectivity index (χ4n) is 3.69. The number of nitrogens with zero attached hydrogens (tertiary/aromatic N) is 2. The highest BCUT2D eigenvalue weighted by molar-refractivity contribution is 6.04. The van der Waals surface area contributed by atoms with E-state index in [0.717, 1.165) is 11.0 Å². The molecule has 6 heteroatoms. The third-order valence-corrected chi connectivity index (χ3v) is 4.85. The summed E-state index contributed by atoms with van der Waals surface area (Å²) in [6.07, 6.45) is 0. The molecule has 0 aliphatic carbocycles. The van der Waals surface area contributed by atoms with Gasteiger partial charge in [-0.1, -0.05) is 42.5 Å². The number of imidazole rings is 1. The minimum atomic E-state index is -0.528. The molecule has 0 fully saturated rings. The van der Waals surface area contributed by atoms with E-state index in [9.17, 15) is 9.59 Å². The number of ether oxygens (including phenoxy) is 2. The third kappa shape index (κ3) is 2.49. The molecule has 4 rings (SSSR count). The average Bonchev–Trinajstić information content (AvgIpc) is 3.01. The van der Waals surface area contributed by atoms with E-state index < -0.39 is 5.97 Å². The lowest BCUT2D eigenvalue weighted by Crippen LogP contribution is -2.22. The van der Waals surface area contributed by atoms with Gasteiger partial charge in [0.1, 0.15) is 11.2 Å². The molecule has 0 unspecified atom stereocenters. The molecule has 0 bridgehead atoms. The van der Waals surface area contributed by atoms with E-state index in [0.29, 0.717) is 16.8 Å². The van der Waals surface area contributed by atoms with Crippen molar-refractivity contribution in [2.75, 3.05) is 13.7 Å². The normalized spacial score (nSPS) is 11.1. The van der Waals surface area contributed by atoms with Crippen molar-refractivity contribution >= 4 is 22.6 Å². The molecule has 0 aliphatic heterocycles. The lowest BCUT2D eigenvalue weighted by atomic mass is 10.0. The maximum Gasteiger partial charge on any atom is 0.345 e. The molecular formula is C22H20N2O4. The van der Waals surface area contributed by atoms with Gasteiger partial charge in [-0.2, -0.15) is 0 Å². The van der Waals surface area contributed by atoms with Crippen LogP contribution in [0.5, 0.6) is 5.75 Å². The van der Waals surface area contributed by atoms with E-state index in [1.807, 2.05) is 66.2 Å². The van der Waals surface area contributed by atoms with Crippen molar-refractivity contribution in [1.82, 2.24) is 8.97 Å². The maximum atomic E-state index is 13.6. The molecule has 2 aromatic carbocycles. The van der Waals surface area contributed by atoms with Crippen molar-refractivity contribution in [2.45, 2.75) is 6.92 Å². The molecule has 2 aromatic heterocycles. The van der Waals surface area contributed by atoms with Crippen molar-refractivity contribution in [1.29, 1.82) is 0 Å². The minimum Gasteiger partial charge on any atom is -0.495 e. The maximum absolute atomic E-state index is 13.6. The number of hydrogen-bond acceptors (Lipinski definition) is 4. The van der Waals surface area contributed by atoms with E-state index in [1.54, 1.807) is 11.3 Å². The van der Waals surface area contributed by atoms with E-state index in [2.05, 4.69) is 0 Å². The molecule has 0 atom stereocenters. The van der Waals surface area contributed by atoms with Gasteiger partial charge in [0.15, 0.2) is 5.75 Å². The van der Waals surface area contributed by atoms with Crippen LogP contribution in [0.4, 0.5) is 0 Å². The topological polar surface area (TPSA) is 61.9 Å². The van der Waals surface area contributed by atoms with Gasteiger partial charge in [-0.15, -0.1) is 0 Å². The van der Waals surface area contributed by atoms with Crippen molar-refractivity contribution < 1.29 is 14.3 Å². The standard InChI is InChI=1S/C22H20N2O4/c1-4-28-22(26)18-19(27-3)17(14-10-6-5-7-11-14)21(25)24-16-13-9-8-12-15(16)23(2)20(18)24/h5-13H,4H2,1-3H3. The smallest absolute Gasteiger partial charge is 0.345 e. The second kappa shape index (κ2) is 6.88. The highest BCUT2D eigenvalue weighted by Crippen LogP contribution is 2.35. The van der Waals surface area contributed by atoms with Gasteiger partial charge in [-0.3, -0.25) is 9.20 Å². The van der Waals surface area contributed by atoms with E-state index in [-0.39, 0.29) is 23.5 Å². The molecule has 0 N–H and O–H groups in total. The van der Waals surface area contributed by atoms with Crippen LogP contribution >= 0.6 is 0 Å². The fraction of sp³-hybridized carbons (Fsp3) is 0.182. The van der Waals surface area contributed by atoms with Crippen LogP contribution in [0.1, 0.15) is 17.3 Å². The second-order valence-corrected chi connectivity index (χ2v) is 6.38. The van der Waals surface area contributed by atoms with E-state index in [1.165, 1.54) is 7.11 Å². The van der Waals surface area contributed by atoms with Crippen molar-refractivity contribution in [3.8, 4) is 16.9 Å². The summed E-state index contributed by atoms with van der Waals surface area (Å²) in [5.41, 5.74) is 3.00. The van der Waals surface area contributed by atoms with E-state index >= 15 is 0 Å². The number of benzene rings is 2. The molecular weight excluding hydrogens is 356 g/mol. The minimum absolute atomic E-state index is 0.220. The molecule has 4 aromatic rings. The highest BCUT2D eigenvalue weighted by atomic mass is 16.5. The number of fused-ring (bicyclic) bond motifs is 3. The molecule has 28 heavy (non-hydrogen) atoms. The SMILES string of the molecule is CCOC(=O)c1c(OC)c(-c2ccccc2)c(=O)n2c3ccccc3n(C)c12. The van der Waals surface area contributed by atoms with Gasteiger partial charge in [0.25, 0.3) is 5.56 Å². The van der Waals surface area contributed by atoms with Crippen LogP contribution in [-0.2, 0) is 11.8 Å². The zero-order valence-electron chi connectivity index (χ0n) is 15.9. The zero-order chi connectivity index (χ0) is 19.8. The Bertz CT molecular complexity index is 1250. The molecule has 6 nitrogen and oxygen atoms in total. The molecule has 0 amide bonds. The first-order chi connectivity index (χ1) is 13.6. The van der Waals surface area contributed by atoms with Crippen LogP contribution in [0.15, 0.2) is 59.4 Å². The Morgan fingerprint density at radius 1 is 1.00 bits per heavy atom. The third-order valence-electron chi connectivity index (χ3n) is 4.85. The molecule has 142 valence electrons. The van der Waals surface area contributed by atoms with Gasteiger partial charge in [-0.25, -0.2) is 4.79 Å². The van der Waals surface area contributed by atoms with Gasteiger partial charge >= 0.3 is 5.97 Å². The molecule has 0 spiro atoms. The number of esters is 1. The molecule has 0 aliphatic rings. The summed E-state index contributed by atoms with van der Waals surface area (Å²) in [5.74, 6) is -0.305. The number of hydrogen-bond donors (Lipinski definition) is 0. The largest absolute Gasteiger partial charge is 0.495 e. The summed E-state index contributed by atoms with van der Waals surface area (Å²) < 4.78 is 14.3. The van der Waals surface area contributed by atoms with E-state index in [4.69, 9.17) is 9.47 Å². The predicted octanol–water partition coefficient (Wildman–Crippen LogP) is 3.64. The van der Waals surface area contributed by atoms with Crippen LogP contribution in [-0.4, -0.2) is 28.7 Å². The Hall–Kier alpha value is -3.54. The van der Waals surface area contributed by atoms with Gasteiger partial charge in [0, 0.05) is 7.05 Å². The molecule has 0 saturated carbocycles. The van der Waals surface area contributed by atoms with Crippen molar-refractivity contribution in [3.05, 3.63) is 70.5 Å². The van der Waals surface area contributed by atoms with Gasteiger partial charge in [-0.05, 0) is 24.6 Å². The predicted molar refractivity (Wildman–Crippen MR) is 108 cm³/mol. The average molecular weight is 376 g/mol. The van der Waals surface area contributed by atoms with Crippen LogP contribution in [0.25, 0.3) is 27.8 Å². The first-order valence-electron chi connectivity index (χ1n) is 9.02. The molecule has 0 saturated heterocycles. The number of aromatic nitrogens is 2. The number of methoxy groups -OCH3 is 1. The zero-order valence-corrected chi connectivity index (χ0v) is 15.9. The highest BCUT2D eigenvalue weighted by Gasteiger charge is 2.29. The van der Waals surface area contributed by atoms with Crippen LogP contribution < -0.4 is 10.3 Å². The number of carbonyl (C=O) groups excluding carboxylic acids is 1. The first kappa shape index (κ1) is 17.9. The summed E-state index contributed by atoms with van der Waals surface area (Å²) in [6.45, 7) is 1.97. The number of para-hydroxylation sites is 2. The Balaban J connectivity index is 2.28. The Morgan fingerprint density at radius 3 is 2.29 bits per heavy atom. The Morgan fingerprint density at radius 2 is 1.64 bits per heavy atom. The summed E-state index contributed by atoms with van der Waals surface area (Å²) in [4.78, 5) is 26.5. The Kier molecular flexibility index (Phi) is 4.39. The number of aryl methyl sites for hydroxylation is 1. The van der Waals surface area contributed by atoms with Crippen molar-refractivity contribution in [3.63, 3.8) is 0 Å². The number of rotatable bonds is 4. The summed E-state index contributed by atoms with van der Waals surface area (Å²) in [5, 5.41) is 0. The second-order valence-electron chi connectivity index (χ2n) is 6.38. The monoisotopic (exact) mass is 376 g/mol.